The SMILES string of the molecule is NCC(CC(=O)O)Nc1ccccc1[N+](=O)[O-]. The van der Waals surface area contributed by atoms with Gasteiger partial charge in [0, 0.05) is 18.7 Å². The first kappa shape index (κ1) is 12.9. The van der Waals surface area contributed by atoms with Crippen molar-refractivity contribution in [2.45, 2.75) is 12.5 Å². The lowest BCUT2D eigenvalue weighted by atomic mass is 10.2. The molecule has 0 aromatic heterocycles. The van der Waals surface area contributed by atoms with Crippen LogP contribution >= 0.6 is 0 Å². The van der Waals surface area contributed by atoms with Gasteiger partial charge in [0.25, 0.3) is 5.69 Å². The van der Waals surface area contributed by atoms with E-state index in [0.29, 0.717) is 0 Å². The van der Waals surface area contributed by atoms with Crippen molar-refractivity contribution in [1.29, 1.82) is 0 Å². The molecule has 0 saturated carbocycles. The number of hydrogen-bond donors (Lipinski definition) is 3. The lowest BCUT2D eigenvalue weighted by Gasteiger charge is -2.15. The van der Waals surface area contributed by atoms with Crippen LogP contribution < -0.4 is 11.1 Å². The first-order valence-electron chi connectivity index (χ1n) is 4.96. The Labute approximate surface area is 97.4 Å². The van der Waals surface area contributed by atoms with E-state index in [0.717, 1.165) is 0 Å². The van der Waals surface area contributed by atoms with Crippen LogP contribution in [0.4, 0.5) is 11.4 Å². The number of nitrogens with one attached hydrogen (secondary N) is 1. The van der Waals surface area contributed by atoms with E-state index in [2.05, 4.69) is 5.32 Å². The number of rotatable bonds is 6. The van der Waals surface area contributed by atoms with Crippen LogP contribution in [0.1, 0.15) is 6.42 Å². The fraction of sp³-hybridized carbons (Fsp3) is 0.300. The van der Waals surface area contributed by atoms with Crippen LogP contribution in [0.15, 0.2) is 24.3 Å². The molecule has 0 radical (unpaired) electrons. The summed E-state index contributed by atoms with van der Waals surface area (Å²) in [6, 6.07) is 5.50. The van der Waals surface area contributed by atoms with E-state index < -0.39 is 16.9 Å². The zero-order valence-corrected chi connectivity index (χ0v) is 9.00. The molecule has 0 heterocycles. The molecule has 1 aromatic carbocycles. The van der Waals surface area contributed by atoms with E-state index in [4.69, 9.17) is 10.8 Å². The third-order valence-corrected chi connectivity index (χ3v) is 2.17. The molecule has 0 aliphatic rings. The molecule has 1 unspecified atom stereocenters. The molecule has 0 saturated heterocycles. The molecule has 1 aromatic rings. The zero-order chi connectivity index (χ0) is 12.8. The number of hydrogen-bond acceptors (Lipinski definition) is 5. The predicted molar refractivity (Wildman–Crippen MR) is 61.8 cm³/mol. The minimum atomic E-state index is -1.01. The average Bonchev–Trinajstić information content (AvgIpc) is 2.28. The summed E-state index contributed by atoms with van der Waals surface area (Å²) in [7, 11) is 0. The number of carboxylic acid groups (broad SMARTS) is 1. The van der Waals surface area contributed by atoms with E-state index in [1.165, 1.54) is 18.2 Å². The maximum Gasteiger partial charge on any atom is 0.305 e. The standard InChI is InChI=1S/C10H13N3O4/c11-6-7(5-10(14)15)12-8-3-1-2-4-9(8)13(16)17/h1-4,7,12H,5-6,11H2,(H,14,15). The summed E-state index contributed by atoms with van der Waals surface area (Å²) in [6.45, 7) is 0.0817. The van der Waals surface area contributed by atoms with Crippen molar-refractivity contribution in [3.63, 3.8) is 0 Å². The van der Waals surface area contributed by atoms with Crippen molar-refractivity contribution >= 4 is 17.3 Å². The number of nitro benzene ring substituents is 1. The Morgan fingerprint density at radius 3 is 2.71 bits per heavy atom. The molecular formula is C10H13N3O4. The number of para-hydroxylation sites is 2. The number of nitro groups is 1. The van der Waals surface area contributed by atoms with E-state index >= 15 is 0 Å². The maximum absolute atomic E-state index is 10.7. The Hall–Kier alpha value is -2.15. The average molecular weight is 239 g/mol. The van der Waals surface area contributed by atoms with Crippen molar-refractivity contribution in [3.8, 4) is 0 Å². The van der Waals surface area contributed by atoms with Crippen LogP contribution in [0.2, 0.25) is 0 Å². The smallest absolute Gasteiger partial charge is 0.305 e. The molecule has 1 rings (SSSR count). The van der Waals surface area contributed by atoms with Gasteiger partial charge >= 0.3 is 5.97 Å². The minimum Gasteiger partial charge on any atom is -0.481 e. The molecule has 4 N–H and O–H groups in total. The van der Waals surface area contributed by atoms with Crippen molar-refractivity contribution in [3.05, 3.63) is 34.4 Å². The normalized spacial score (nSPS) is 11.8. The number of anilines is 1. The van der Waals surface area contributed by atoms with Gasteiger partial charge in [-0.25, -0.2) is 0 Å². The van der Waals surface area contributed by atoms with Gasteiger partial charge in [0.15, 0.2) is 0 Å². The molecule has 0 aliphatic heterocycles. The summed E-state index contributed by atoms with van der Waals surface area (Å²) in [6.07, 6.45) is -0.192. The molecule has 1 atom stereocenters. The molecule has 0 spiro atoms. The van der Waals surface area contributed by atoms with Gasteiger partial charge < -0.3 is 16.2 Å². The number of nitrogens with zero attached hydrogens (tertiary/aromatic N) is 1. The van der Waals surface area contributed by atoms with Gasteiger partial charge in [0.1, 0.15) is 5.69 Å². The van der Waals surface area contributed by atoms with Crippen molar-refractivity contribution < 1.29 is 14.8 Å². The molecule has 17 heavy (non-hydrogen) atoms. The molecule has 7 nitrogen and oxygen atoms in total. The molecule has 7 heteroatoms. The Morgan fingerprint density at radius 1 is 1.53 bits per heavy atom. The van der Waals surface area contributed by atoms with Gasteiger partial charge in [-0.2, -0.15) is 0 Å². The van der Waals surface area contributed by atoms with E-state index in [1.807, 2.05) is 0 Å². The Morgan fingerprint density at radius 2 is 2.18 bits per heavy atom. The lowest BCUT2D eigenvalue weighted by Crippen LogP contribution is -2.31. The number of carboxylic acids is 1. The Balaban J connectivity index is 2.85. The summed E-state index contributed by atoms with van der Waals surface area (Å²) >= 11 is 0. The number of nitrogens with two attached hydrogens (primary N) is 1. The van der Waals surface area contributed by atoms with Gasteiger partial charge in [-0.3, -0.25) is 14.9 Å². The first-order valence-corrected chi connectivity index (χ1v) is 4.96. The van der Waals surface area contributed by atoms with E-state index in [-0.39, 0.29) is 24.3 Å². The van der Waals surface area contributed by atoms with Gasteiger partial charge in [-0.15, -0.1) is 0 Å². The Bertz CT molecular complexity index is 422. The van der Waals surface area contributed by atoms with Crippen LogP contribution in [0, 0.1) is 10.1 Å². The third-order valence-electron chi connectivity index (χ3n) is 2.17. The van der Waals surface area contributed by atoms with Crippen molar-refractivity contribution in [1.82, 2.24) is 0 Å². The monoisotopic (exact) mass is 239 g/mol. The highest BCUT2D eigenvalue weighted by Crippen LogP contribution is 2.24. The Kier molecular flexibility index (Phi) is 4.41. The van der Waals surface area contributed by atoms with Gasteiger partial charge in [0.05, 0.1) is 11.3 Å². The number of benzene rings is 1. The molecule has 0 aliphatic carbocycles. The highest BCUT2D eigenvalue weighted by Gasteiger charge is 2.17. The largest absolute Gasteiger partial charge is 0.481 e. The fourth-order valence-electron chi connectivity index (χ4n) is 1.38. The third kappa shape index (κ3) is 3.72. The maximum atomic E-state index is 10.7. The second kappa shape index (κ2) is 5.80. The second-order valence-corrected chi connectivity index (χ2v) is 3.45. The number of carbonyl (C=O) groups is 1. The first-order chi connectivity index (χ1) is 8.04. The molecule has 92 valence electrons. The van der Waals surface area contributed by atoms with Gasteiger partial charge in [0.2, 0.25) is 0 Å². The van der Waals surface area contributed by atoms with Crippen LogP contribution in [0.3, 0.4) is 0 Å². The van der Waals surface area contributed by atoms with E-state index in [9.17, 15) is 14.9 Å². The topological polar surface area (TPSA) is 118 Å². The summed E-state index contributed by atoms with van der Waals surface area (Å²) in [5, 5.41) is 22.1. The highest BCUT2D eigenvalue weighted by atomic mass is 16.6. The second-order valence-electron chi connectivity index (χ2n) is 3.45. The molecule has 0 amide bonds. The minimum absolute atomic E-state index is 0.0817. The van der Waals surface area contributed by atoms with Crippen LogP contribution in [-0.4, -0.2) is 28.6 Å². The van der Waals surface area contributed by atoms with Gasteiger partial charge in [-0.05, 0) is 6.07 Å². The molecule has 0 bridgehead atoms. The summed E-state index contributed by atoms with van der Waals surface area (Å²) < 4.78 is 0. The van der Waals surface area contributed by atoms with Crippen molar-refractivity contribution in [2.24, 2.45) is 5.73 Å². The highest BCUT2D eigenvalue weighted by molar-refractivity contribution is 5.69. The predicted octanol–water partition coefficient (Wildman–Crippen LogP) is 0.809. The summed E-state index contributed by atoms with van der Waals surface area (Å²) in [5.74, 6) is -1.01. The summed E-state index contributed by atoms with van der Waals surface area (Å²) in [5.41, 5.74) is 5.57. The van der Waals surface area contributed by atoms with Gasteiger partial charge in [-0.1, -0.05) is 12.1 Å². The van der Waals surface area contributed by atoms with E-state index in [1.54, 1.807) is 6.07 Å². The number of aliphatic carboxylic acids is 1. The molecule has 0 fully saturated rings. The van der Waals surface area contributed by atoms with Crippen LogP contribution in [0.5, 0.6) is 0 Å². The lowest BCUT2D eigenvalue weighted by molar-refractivity contribution is -0.384. The van der Waals surface area contributed by atoms with Crippen LogP contribution in [0.25, 0.3) is 0 Å². The van der Waals surface area contributed by atoms with Crippen molar-refractivity contribution in [2.75, 3.05) is 11.9 Å². The fourth-order valence-corrected chi connectivity index (χ4v) is 1.38. The van der Waals surface area contributed by atoms with Crippen LogP contribution in [-0.2, 0) is 4.79 Å². The molecular weight excluding hydrogens is 226 g/mol. The quantitative estimate of drug-likeness (QED) is 0.499. The zero-order valence-electron chi connectivity index (χ0n) is 9.00. The summed E-state index contributed by atoms with van der Waals surface area (Å²) in [4.78, 5) is 20.7.